The minimum absolute atomic E-state index is 0.0177. The average molecular weight is 372 g/mol. The lowest BCUT2D eigenvalue weighted by atomic mass is 9.73. The van der Waals surface area contributed by atoms with Gasteiger partial charge in [0, 0.05) is 37.5 Å². The number of hydrogen-bond acceptors (Lipinski definition) is 3. The number of rotatable bonds is 5. The molecule has 3 aliphatic heterocycles. The second-order valence-corrected chi connectivity index (χ2v) is 9.01. The summed E-state index contributed by atoms with van der Waals surface area (Å²) >= 11 is 0. The number of carbonyl (C=O) groups is 1. The van der Waals surface area contributed by atoms with Crippen molar-refractivity contribution in [1.29, 1.82) is 0 Å². The molecule has 1 aromatic carbocycles. The first kappa shape index (κ1) is 17.6. The van der Waals surface area contributed by atoms with Crippen LogP contribution in [-0.2, 0) is 16.0 Å². The number of benzene rings is 1. The van der Waals surface area contributed by atoms with Crippen molar-refractivity contribution in [2.45, 2.75) is 62.7 Å². The summed E-state index contributed by atoms with van der Waals surface area (Å²) in [7, 11) is 0. The molecule has 3 heterocycles. The van der Waals surface area contributed by atoms with Crippen molar-refractivity contribution in [2.75, 3.05) is 19.6 Å². The predicted molar refractivity (Wildman–Crippen MR) is 101 cm³/mol. The molecule has 1 aliphatic carbocycles. The monoisotopic (exact) mass is 372 g/mol. The largest absolute Gasteiger partial charge is 0.370 e. The zero-order valence-electron chi connectivity index (χ0n) is 15.8. The van der Waals surface area contributed by atoms with E-state index in [1.54, 1.807) is 12.1 Å². The summed E-state index contributed by atoms with van der Waals surface area (Å²) < 4.78 is 19.5. The molecule has 1 saturated carbocycles. The van der Waals surface area contributed by atoms with Gasteiger partial charge in [0.05, 0.1) is 18.1 Å². The topological polar surface area (TPSA) is 41.6 Å². The summed E-state index contributed by atoms with van der Waals surface area (Å²) in [6.45, 7) is 2.94. The lowest BCUT2D eigenvalue weighted by Crippen LogP contribution is -2.42. The number of hydrogen-bond donors (Lipinski definition) is 1. The number of fused-ring (bicyclic) bond motifs is 1. The molecule has 27 heavy (non-hydrogen) atoms. The van der Waals surface area contributed by atoms with Crippen molar-refractivity contribution < 1.29 is 13.9 Å². The summed E-state index contributed by atoms with van der Waals surface area (Å²) in [6.07, 6.45) is 8.35. The molecule has 3 saturated heterocycles. The number of nitrogens with one attached hydrogen (secondary N) is 1. The van der Waals surface area contributed by atoms with E-state index in [1.165, 1.54) is 44.2 Å². The van der Waals surface area contributed by atoms with E-state index in [0.717, 1.165) is 31.1 Å². The second-order valence-electron chi connectivity index (χ2n) is 9.01. The van der Waals surface area contributed by atoms with Gasteiger partial charge in [-0.05, 0) is 43.4 Å². The minimum Gasteiger partial charge on any atom is -0.370 e. The Labute approximate surface area is 160 Å². The van der Waals surface area contributed by atoms with E-state index in [4.69, 9.17) is 4.74 Å². The van der Waals surface area contributed by atoms with Crippen LogP contribution >= 0.6 is 0 Å². The highest BCUT2D eigenvalue weighted by atomic mass is 19.1. The third kappa shape index (κ3) is 3.19. The number of ether oxygens (including phenoxy) is 1. The van der Waals surface area contributed by atoms with Crippen molar-refractivity contribution in [2.24, 2.45) is 11.8 Å². The summed E-state index contributed by atoms with van der Waals surface area (Å²) in [4.78, 5) is 15.1. The molecular formula is C22H29FN2O2. The van der Waals surface area contributed by atoms with Gasteiger partial charge >= 0.3 is 0 Å². The van der Waals surface area contributed by atoms with Gasteiger partial charge in [0.15, 0.2) is 0 Å². The van der Waals surface area contributed by atoms with Gasteiger partial charge in [-0.25, -0.2) is 4.39 Å². The van der Waals surface area contributed by atoms with Crippen LogP contribution in [0.4, 0.5) is 4.39 Å². The first-order valence-corrected chi connectivity index (χ1v) is 10.6. The van der Waals surface area contributed by atoms with Crippen LogP contribution in [0.25, 0.3) is 0 Å². The van der Waals surface area contributed by atoms with Crippen LogP contribution in [0.1, 0.15) is 44.1 Å². The first-order chi connectivity index (χ1) is 13.1. The smallest absolute Gasteiger partial charge is 0.224 e. The van der Waals surface area contributed by atoms with E-state index in [2.05, 4.69) is 10.2 Å². The normalized spacial score (nSPS) is 35.7. The molecule has 4 nitrogen and oxygen atoms in total. The summed E-state index contributed by atoms with van der Waals surface area (Å²) in [5.74, 6) is 0.742. The average Bonchev–Trinajstić information content (AvgIpc) is 3.42. The molecule has 1 amide bonds. The van der Waals surface area contributed by atoms with E-state index in [0.29, 0.717) is 30.9 Å². The first-order valence-electron chi connectivity index (χ1n) is 10.6. The Hall–Kier alpha value is -1.46. The van der Waals surface area contributed by atoms with Gasteiger partial charge in [0.2, 0.25) is 5.91 Å². The highest BCUT2D eigenvalue weighted by molar-refractivity contribution is 5.78. The SMILES string of the molecule is O=C(Cc1ccc(F)cc1)NC[C@H]1[C@H]2CN(C3CCCC3)C[C@]23CC[C@H]1O3. The van der Waals surface area contributed by atoms with E-state index >= 15 is 0 Å². The Morgan fingerprint density at radius 2 is 2.00 bits per heavy atom. The lowest BCUT2D eigenvalue weighted by molar-refractivity contribution is -0.120. The van der Waals surface area contributed by atoms with Crippen LogP contribution in [0.2, 0.25) is 0 Å². The molecule has 0 unspecified atom stereocenters. The van der Waals surface area contributed by atoms with Crippen LogP contribution in [0.5, 0.6) is 0 Å². The fourth-order valence-corrected chi connectivity index (χ4v) is 6.13. The standard InChI is InChI=1S/C22H29FN2O2/c23-16-7-5-15(6-8-16)11-21(26)24-12-18-19-13-25(17-3-1-2-4-17)14-22(19)10-9-20(18)27-22/h5-8,17-20H,1-4,9-14H2,(H,24,26)/t18-,19+,20+,22+/m0/s1. The Morgan fingerprint density at radius 3 is 2.78 bits per heavy atom. The molecule has 4 atom stereocenters. The molecule has 0 radical (unpaired) electrons. The van der Waals surface area contributed by atoms with Gasteiger partial charge in [-0.1, -0.05) is 25.0 Å². The lowest BCUT2D eigenvalue weighted by Gasteiger charge is -2.29. The van der Waals surface area contributed by atoms with Crippen LogP contribution in [0, 0.1) is 17.7 Å². The van der Waals surface area contributed by atoms with Gasteiger partial charge in [-0.15, -0.1) is 0 Å². The highest BCUT2D eigenvalue weighted by Gasteiger charge is 2.63. The number of carbonyl (C=O) groups excluding carboxylic acids is 1. The summed E-state index contributed by atoms with van der Waals surface area (Å²) in [5, 5.41) is 3.14. The fraction of sp³-hybridized carbons (Fsp3) is 0.682. The maximum absolute atomic E-state index is 13.0. The van der Waals surface area contributed by atoms with Gasteiger partial charge in [-0.3, -0.25) is 9.69 Å². The Kier molecular flexibility index (Phi) is 4.47. The molecule has 4 fully saturated rings. The Balaban J connectivity index is 1.19. The predicted octanol–water partition coefficient (Wildman–Crippen LogP) is 2.91. The van der Waals surface area contributed by atoms with Crippen LogP contribution in [0.3, 0.4) is 0 Å². The molecule has 5 heteroatoms. The maximum atomic E-state index is 13.0. The zero-order valence-corrected chi connectivity index (χ0v) is 15.8. The Morgan fingerprint density at radius 1 is 1.22 bits per heavy atom. The number of nitrogens with zero attached hydrogens (tertiary/aromatic N) is 1. The van der Waals surface area contributed by atoms with Crippen LogP contribution in [-0.4, -0.2) is 48.2 Å². The van der Waals surface area contributed by atoms with Crippen LogP contribution < -0.4 is 5.32 Å². The van der Waals surface area contributed by atoms with Crippen molar-refractivity contribution in [3.63, 3.8) is 0 Å². The Bertz CT molecular complexity index is 703. The van der Waals surface area contributed by atoms with E-state index < -0.39 is 0 Å². The van der Waals surface area contributed by atoms with Crippen molar-refractivity contribution in [3.8, 4) is 0 Å². The van der Waals surface area contributed by atoms with Crippen molar-refractivity contribution in [1.82, 2.24) is 10.2 Å². The highest BCUT2D eigenvalue weighted by Crippen LogP contribution is 2.55. The maximum Gasteiger partial charge on any atom is 0.224 e. The summed E-state index contributed by atoms with van der Waals surface area (Å²) in [6, 6.07) is 6.93. The third-order valence-electron chi connectivity index (χ3n) is 7.46. The molecular weight excluding hydrogens is 343 g/mol. The van der Waals surface area contributed by atoms with Gasteiger partial charge in [0.1, 0.15) is 5.82 Å². The molecule has 4 aliphatic rings. The fourth-order valence-electron chi connectivity index (χ4n) is 6.13. The summed E-state index contributed by atoms with van der Waals surface area (Å²) in [5.41, 5.74) is 0.905. The number of amides is 1. The van der Waals surface area contributed by atoms with E-state index in [9.17, 15) is 9.18 Å². The van der Waals surface area contributed by atoms with Crippen molar-refractivity contribution in [3.05, 3.63) is 35.6 Å². The number of likely N-dealkylation sites (tertiary alicyclic amines) is 1. The van der Waals surface area contributed by atoms with Gasteiger partial charge in [0.25, 0.3) is 0 Å². The van der Waals surface area contributed by atoms with Gasteiger partial charge < -0.3 is 10.1 Å². The third-order valence-corrected chi connectivity index (χ3v) is 7.46. The molecule has 5 rings (SSSR count). The van der Waals surface area contributed by atoms with E-state index in [-0.39, 0.29) is 17.3 Å². The molecule has 0 aromatic heterocycles. The molecule has 2 bridgehead atoms. The number of halogens is 1. The molecule has 146 valence electrons. The van der Waals surface area contributed by atoms with E-state index in [1.807, 2.05) is 0 Å². The molecule has 1 spiro atoms. The van der Waals surface area contributed by atoms with Gasteiger partial charge in [-0.2, -0.15) is 0 Å². The quantitative estimate of drug-likeness (QED) is 0.864. The van der Waals surface area contributed by atoms with Crippen LogP contribution in [0.15, 0.2) is 24.3 Å². The minimum atomic E-state index is -0.267. The zero-order chi connectivity index (χ0) is 18.4. The molecule has 1 aromatic rings. The molecule has 1 N–H and O–H groups in total. The van der Waals surface area contributed by atoms with Crippen molar-refractivity contribution >= 4 is 5.91 Å². The second kappa shape index (κ2) is 6.85.